The fourth-order valence-corrected chi connectivity index (χ4v) is 0.922. The molecule has 0 spiro atoms. The summed E-state index contributed by atoms with van der Waals surface area (Å²) >= 11 is 0. The van der Waals surface area contributed by atoms with Gasteiger partial charge in [0.1, 0.15) is 0 Å². The first-order chi connectivity index (χ1) is 7.13. The van der Waals surface area contributed by atoms with Crippen molar-refractivity contribution in [2.45, 2.75) is 19.9 Å². The molecule has 0 aromatic carbocycles. The second kappa shape index (κ2) is 5.05. The molecule has 0 fully saturated rings. The summed E-state index contributed by atoms with van der Waals surface area (Å²) < 4.78 is 6.62. The average molecular weight is 207 g/mol. The second-order valence-electron chi connectivity index (χ2n) is 3.20. The minimum Gasteiger partial charge on any atom is -0.407 e. The van der Waals surface area contributed by atoms with Crippen LogP contribution >= 0.6 is 0 Å². The standard InChI is InChI=1S/C10H13N3O2/c1-4-5-11-10(14)15-9-6-12-13(7-9)8(2)3/h1,6-8H,5H2,2-3H3,(H,11,14). The largest absolute Gasteiger partial charge is 0.413 e. The molecule has 1 aromatic heterocycles. The number of terminal acetylenes is 1. The lowest BCUT2D eigenvalue weighted by Crippen LogP contribution is -2.26. The van der Waals surface area contributed by atoms with Crippen molar-refractivity contribution >= 4 is 6.09 Å². The van der Waals surface area contributed by atoms with Gasteiger partial charge in [-0.25, -0.2) is 4.79 Å². The van der Waals surface area contributed by atoms with E-state index in [1.54, 1.807) is 10.9 Å². The van der Waals surface area contributed by atoms with E-state index in [-0.39, 0.29) is 12.6 Å². The monoisotopic (exact) mass is 207 g/mol. The van der Waals surface area contributed by atoms with E-state index in [1.807, 2.05) is 13.8 Å². The third kappa shape index (κ3) is 3.35. The van der Waals surface area contributed by atoms with Gasteiger partial charge in [-0.15, -0.1) is 6.42 Å². The summed E-state index contributed by atoms with van der Waals surface area (Å²) in [6.45, 7) is 4.11. The van der Waals surface area contributed by atoms with Crippen LogP contribution in [0.25, 0.3) is 0 Å². The Morgan fingerprint density at radius 1 is 1.80 bits per heavy atom. The van der Waals surface area contributed by atoms with Crippen molar-refractivity contribution in [3.8, 4) is 18.1 Å². The highest BCUT2D eigenvalue weighted by molar-refractivity contribution is 5.70. The molecule has 1 amide bonds. The molecular formula is C10H13N3O2. The van der Waals surface area contributed by atoms with Gasteiger partial charge in [0.15, 0.2) is 5.75 Å². The highest BCUT2D eigenvalue weighted by Crippen LogP contribution is 2.12. The minimum absolute atomic E-state index is 0.150. The fraction of sp³-hybridized carbons (Fsp3) is 0.400. The molecule has 0 bridgehead atoms. The van der Waals surface area contributed by atoms with Crippen LogP contribution in [0, 0.1) is 12.3 Å². The summed E-state index contributed by atoms with van der Waals surface area (Å²) in [5.74, 6) is 2.68. The van der Waals surface area contributed by atoms with E-state index in [4.69, 9.17) is 11.2 Å². The normalized spacial score (nSPS) is 9.73. The maximum absolute atomic E-state index is 11.1. The number of aromatic nitrogens is 2. The second-order valence-corrected chi connectivity index (χ2v) is 3.20. The highest BCUT2D eigenvalue weighted by atomic mass is 16.6. The summed E-state index contributed by atoms with van der Waals surface area (Å²) in [6.07, 6.45) is 7.54. The maximum Gasteiger partial charge on any atom is 0.413 e. The molecule has 1 rings (SSSR count). The number of carbonyl (C=O) groups is 1. The number of hydrogen-bond donors (Lipinski definition) is 1. The van der Waals surface area contributed by atoms with Crippen LogP contribution in [0.3, 0.4) is 0 Å². The quantitative estimate of drug-likeness (QED) is 0.757. The zero-order valence-electron chi connectivity index (χ0n) is 8.73. The van der Waals surface area contributed by atoms with Gasteiger partial charge in [-0.3, -0.25) is 4.68 Å². The number of ether oxygens (including phenoxy) is 1. The predicted octanol–water partition coefficient (Wildman–Crippen LogP) is 1.19. The highest BCUT2D eigenvalue weighted by Gasteiger charge is 2.06. The van der Waals surface area contributed by atoms with Crippen molar-refractivity contribution in [3.05, 3.63) is 12.4 Å². The van der Waals surface area contributed by atoms with Crippen LogP contribution in [0.5, 0.6) is 5.75 Å². The van der Waals surface area contributed by atoms with E-state index >= 15 is 0 Å². The molecule has 1 aromatic rings. The van der Waals surface area contributed by atoms with E-state index in [0.717, 1.165) is 0 Å². The summed E-state index contributed by atoms with van der Waals surface area (Å²) in [5.41, 5.74) is 0. The first kappa shape index (κ1) is 11.1. The zero-order chi connectivity index (χ0) is 11.3. The van der Waals surface area contributed by atoms with Gasteiger partial charge in [0.25, 0.3) is 0 Å². The van der Waals surface area contributed by atoms with Crippen molar-refractivity contribution in [1.29, 1.82) is 0 Å². The van der Waals surface area contributed by atoms with Crippen LogP contribution in [0.2, 0.25) is 0 Å². The molecule has 1 N–H and O–H groups in total. The number of rotatable bonds is 3. The Balaban J connectivity index is 2.50. The predicted molar refractivity (Wildman–Crippen MR) is 55.5 cm³/mol. The minimum atomic E-state index is -0.573. The van der Waals surface area contributed by atoms with E-state index in [9.17, 15) is 4.79 Å². The van der Waals surface area contributed by atoms with Crippen LogP contribution in [0.4, 0.5) is 4.79 Å². The lowest BCUT2D eigenvalue weighted by atomic mass is 10.4. The van der Waals surface area contributed by atoms with Crippen LogP contribution in [-0.2, 0) is 0 Å². The van der Waals surface area contributed by atoms with Crippen molar-refractivity contribution in [2.24, 2.45) is 0 Å². The zero-order valence-corrected chi connectivity index (χ0v) is 8.73. The molecule has 5 heteroatoms. The van der Waals surface area contributed by atoms with Crippen molar-refractivity contribution in [1.82, 2.24) is 15.1 Å². The third-order valence-electron chi connectivity index (χ3n) is 1.65. The first-order valence-corrected chi connectivity index (χ1v) is 4.56. The average Bonchev–Trinajstić information content (AvgIpc) is 2.63. The summed E-state index contributed by atoms with van der Waals surface area (Å²) in [5, 5.41) is 6.41. The summed E-state index contributed by atoms with van der Waals surface area (Å²) in [6, 6.07) is 0.233. The van der Waals surface area contributed by atoms with E-state index in [1.165, 1.54) is 6.20 Å². The molecule has 80 valence electrons. The molecule has 1 heterocycles. The van der Waals surface area contributed by atoms with Gasteiger partial charge in [0, 0.05) is 6.04 Å². The van der Waals surface area contributed by atoms with Crippen molar-refractivity contribution in [2.75, 3.05) is 6.54 Å². The SMILES string of the molecule is C#CCNC(=O)Oc1cnn(C(C)C)c1. The first-order valence-electron chi connectivity index (χ1n) is 4.56. The molecule has 0 saturated carbocycles. The van der Waals surface area contributed by atoms with Crippen molar-refractivity contribution < 1.29 is 9.53 Å². The Hall–Kier alpha value is -1.96. The Morgan fingerprint density at radius 3 is 3.07 bits per heavy atom. The maximum atomic E-state index is 11.1. The summed E-state index contributed by atoms with van der Waals surface area (Å²) in [4.78, 5) is 11.1. The molecule has 0 aliphatic rings. The molecular weight excluding hydrogens is 194 g/mol. The van der Waals surface area contributed by atoms with Gasteiger partial charge < -0.3 is 10.1 Å². The topological polar surface area (TPSA) is 56.1 Å². The Morgan fingerprint density at radius 2 is 2.53 bits per heavy atom. The third-order valence-corrected chi connectivity index (χ3v) is 1.65. The molecule has 0 radical (unpaired) electrons. The smallest absolute Gasteiger partial charge is 0.407 e. The van der Waals surface area contributed by atoms with Gasteiger partial charge >= 0.3 is 6.09 Å². The van der Waals surface area contributed by atoms with Crippen LogP contribution in [0.1, 0.15) is 19.9 Å². The molecule has 0 atom stereocenters. The Labute approximate surface area is 88.4 Å². The molecule has 0 saturated heterocycles. The van der Waals surface area contributed by atoms with Gasteiger partial charge in [-0.2, -0.15) is 5.10 Å². The molecule has 0 aliphatic heterocycles. The lowest BCUT2D eigenvalue weighted by molar-refractivity contribution is 0.202. The molecule has 0 unspecified atom stereocenters. The van der Waals surface area contributed by atoms with Gasteiger partial charge in [0.05, 0.1) is 18.9 Å². The number of hydrogen-bond acceptors (Lipinski definition) is 3. The van der Waals surface area contributed by atoms with E-state index in [2.05, 4.69) is 16.3 Å². The van der Waals surface area contributed by atoms with Crippen LogP contribution in [0.15, 0.2) is 12.4 Å². The Kier molecular flexibility index (Phi) is 3.75. The molecule has 5 nitrogen and oxygen atoms in total. The fourth-order valence-electron chi connectivity index (χ4n) is 0.922. The molecule has 0 aliphatic carbocycles. The van der Waals surface area contributed by atoms with Crippen LogP contribution < -0.4 is 10.1 Å². The van der Waals surface area contributed by atoms with Crippen LogP contribution in [-0.4, -0.2) is 22.4 Å². The van der Waals surface area contributed by atoms with Gasteiger partial charge in [0.2, 0.25) is 0 Å². The van der Waals surface area contributed by atoms with Gasteiger partial charge in [-0.05, 0) is 13.8 Å². The Bertz CT molecular complexity index is 376. The number of carbonyl (C=O) groups excluding carboxylic acids is 1. The van der Waals surface area contributed by atoms with Crippen molar-refractivity contribution in [3.63, 3.8) is 0 Å². The number of nitrogens with one attached hydrogen (secondary N) is 1. The number of amides is 1. The molecule has 15 heavy (non-hydrogen) atoms. The van der Waals surface area contributed by atoms with E-state index in [0.29, 0.717) is 5.75 Å². The van der Waals surface area contributed by atoms with E-state index < -0.39 is 6.09 Å². The lowest BCUT2D eigenvalue weighted by Gasteiger charge is -2.03. The summed E-state index contributed by atoms with van der Waals surface area (Å²) in [7, 11) is 0. The number of nitrogens with zero attached hydrogens (tertiary/aromatic N) is 2. The van der Waals surface area contributed by atoms with Gasteiger partial charge in [-0.1, -0.05) is 5.92 Å².